The number of pyridine rings is 2. The van der Waals surface area contributed by atoms with Crippen molar-refractivity contribution in [1.82, 2.24) is 15.3 Å². The molecule has 3 aromatic heterocycles. The van der Waals surface area contributed by atoms with Gasteiger partial charge in [-0.15, -0.1) is 11.3 Å². The number of carbonyl (C=O) groups is 1. The Morgan fingerprint density at radius 2 is 1.88 bits per heavy atom. The van der Waals surface area contributed by atoms with Crippen LogP contribution in [0, 0.1) is 0 Å². The van der Waals surface area contributed by atoms with Crippen molar-refractivity contribution >= 4 is 44.5 Å². The first-order valence-electron chi connectivity index (χ1n) is 11.3. The number of amides is 1. The van der Waals surface area contributed by atoms with E-state index >= 15 is 0 Å². The third-order valence-corrected chi connectivity index (χ3v) is 7.09. The molecule has 0 unspecified atom stereocenters. The summed E-state index contributed by atoms with van der Waals surface area (Å²) < 4.78 is 0. The molecule has 0 bridgehead atoms. The third kappa shape index (κ3) is 4.96. The van der Waals surface area contributed by atoms with Gasteiger partial charge in [0.25, 0.3) is 5.91 Å². The van der Waals surface area contributed by atoms with Gasteiger partial charge in [0.15, 0.2) is 0 Å². The number of carbonyl (C=O) groups excluding carboxylic acids is 1. The molecule has 1 aromatic carbocycles. The average Bonchev–Trinajstić information content (AvgIpc) is 3.33. The van der Waals surface area contributed by atoms with E-state index in [1.807, 2.05) is 6.07 Å². The van der Waals surface area contributed by atoms with Crippen LogP contribution in [0.5, 0.6) is 0 Å². The molecule has 0 spiro atoms. The summed E-state index contributed by atoms with van der Waals surface area (Å²) >= 11 is 1.65. The minimum absolute atomic E-state index is 0.0367. The van der Waals surface area contributed by atoms with E-state index in [2.05, 4.69) is 64.3 Å². The molecule has 4 aromatic rings. The third-order valence-electron chi connectivity index (χ3n) is 6.26. The number of allylic oxidation sites excluding steroid dienone is 2. The van der Waals surface area contributed by atoms with Gasteiger partial charge in [0.2, 0.25) is 0 Å². The summed E-state index contributed by atoms with van der Waals surface area (Å²) in [6.07, 6.45) is 7.21. The van der Waals surface area contributed by atoms with Crippen LogP contribution in [0.25, 0.3) is 15.8 Å². The molecule has 1 amide bonds. The minimum atomic E-state index is -0.0367. The standard InChI is InChI=1S/C27H26N4OS/c1-18(19-7-10-23(11-8-19)30-26(32)22-5-3-14-28-17-22)21-4-2-6-24(16-21)29-25-12-9-20-13-15-33-27(20)31-25/h2-6,9,12-17,23H,7-8,10-11H2,1H3,(H,29,31)(H,30,32). The van der Waals surface area contributed by atoms with Gasteiger partial charge < -0.3 is 10.6 Å². The van der Waals surface area contributed by atoms with Crippen LogP contribution in [0.2, 0.25) is 0 Å². The zero-order chi connectivity index (χ0) is 22.6. The van der Waals surface area contributed by atoms with Crippen LogP contribution in [-0.4, -0.2) is 21.9 Å². The van der Waals surface area contributed by atoms with Gasteiger partial charge in [-0.3, -0.25) is 9.78 Å². The second-order valence-electron chi connectivity index (χ2n) is 8.44. The summed E-state index contributed by atoms with van der Waals surface area (Å²) in [5.41, 5.74) is 5.68. The summed E-state index contributed by atoms with van der Waals surface area (Å²) in [6.45, 7) is 2.21. The van der Waals surface area contributed by atoms with Gasteiger partial charge in [-0.1, -0.05) is 17.7 Å². The van der Waals surface area contributed by atoms with E-state index in [-0.39, 0.29) is 11.9 Å². The highest BCUT2D eigenvalue weighted by atomic mass is 32.1. The van der Waals surface area contributed by atoms with Crippen LogP contribution in [0.4, 0.5) is 11.5 Å². The van der Waals surface area contributed by atoms with E-state index < -0.39 is 0 Å². The molecular formula is C27H26N4OS. The molecule has 0 radical (unpaired) electrons. The smallest absolute Gasteiger partial charge is 0.253 e. The fourth-order valence-corrected chi connectivity index (χ4v) is 5.11. The molecule has 166 valence electrons. The van der Waals surface area contributed by atoms with Crippen LogP contribution in [0.3, 0.4) is 0 Å². The SMILES string of the molecule is CC(=C1CCC(NC(=O)c2cccnc2)CC1)c1cccc(Nc2ccc3ccsc3n2)c1. The van der Waals surface area contributed by atoms with Crippen molar-refractivity contribution in [2.24, 2.45) is 0 Å². The number of nitrogens with one attached hydrogen (secondary N) is 2. The first kappa shape index (κ1) is 21.3. The Labute approximate surface area is 197 Å². The summed E-state index contributed by atoms with van der Waals surface area (Å²) in [5.74, 6) is 0.822. The molecule has 6 heteroatoms. The predicted octanol–water partition coefficient (Wildman–Crippen LogP) is 6.58. The number of anilines is 2. The molecule has 0 atom stereocenters. The van der Waals surface area contributed by atoms with Crippen LogP contribution in [-0.2, 0) is 0 Å². The van der Waals surface area contributed by atoms with Crippen molar-refractivity contribution < 1.29 is 4.79 Å². The number of hydrogen-bond acceptors (Lipinski definition) is 5. The lowest BCUT2D eigenvalue weighted by atomic mass is 9.86. The molecule has 1 saturated carbocycles. The summed E-state index contributed by atoms with van der Waals surface area (Å²) in [4.78, 5) is 22.2. The van der Waals surface area contributed by atoms with E-state index in [0.29, 0.717) is 5.56 Å². The van der Waals surface area contributed by atoms with Gasteiger partial charge >= 0.3 is 0 Å². The Balaban J connectivity index is 1.24. The number of thiophene rings is 1. The summed E-state index contributed by atoms with van der Waals surface area (Å²) in [6, 6.07) is 18.5. The number of benzene rings is 1. The first-order valence-corrected chi connectivity index (χ1v) is 12.1. The Hall–Kier alpha value is -3.51. The average molecular weight is 455 g/mol. The lowest BCUT2D eigenvalue weighted by molar-refractivity contribution is 0.0930. The maximum Gasteiger partial charge on any atom is 0.253 e. The molecule has 5 nitrogen and oxygen atoms in total. The molecule has 5 rings (SSSR count). The minimum Gasteiger partial charge on any atom is -0.349 e. The normalized spacial score (nSPS) is 15.9. The quantitative estimate of drug-likeness (QED) is 0.357. The number of nitrogens with zero attached hydrogens (tertiary/aromatic N) is 2. The van der Waals surface area contributed by atoms with Crippen molar-refractivity contribution in [2.45, 2.75) is 38.6 Å². The van der Waals surface area contributed by atoms with E-state index in [4.69, 9.17) is 4.98 Å². The Bertz CT molecular complexity index is 1300. The number of fused-ring (bicyclic) bond motifs is 1. The maximum absolute atomic E-state index is 12.4. The highest BCUT2D eigenvalue weighted by molar-refractivity contribution is 7.16. The maximum atomic E-state index is 12.4. The summed E-state index contributed by atoms with van der Waals surface area (Å²) in [5, 5.41) is 9.85. The van der Waals surface area contributed by atoms with E-state index in [1.165, 1.54) is 22.1 Å². The van der Waals surface area contributed by atoms with Gasteiger partial charge in [0.1, 0.15) is 10.6 Å². The first-order chi connectivity index (χ1) is 16.2. The summed E-state index contributed by atoms with van der Waals surface area (Å²) in [7, 11) is 0. The molecule has 1 aliphatic carbocycles. The van der Waals surface area contributed by atoms with Gasteiger partial charge in [0, 0.05) is 29.5 Å². The molecular weight excluding hydrogens is 428 g/mol. The molecule has 1 fully saturated rings. The second kappa shape index (κ2) is 9.55. The Kier molecular flexibility index (Phi) is 6.17. The van der Waals surface area contributed by atoms with Crippen LogP contribution < -0.4 is 10.6 Å². The molecule has 2 N–H and O–H groups in total. The van der Waals surface area contributed by atoms with Crippen LogP contribution >= 0.6 is 11.3 Å². The lowest BCUT2D eigenvalue weighted by Gasteiger charge is -2.26. The molecule has 1 aliphatic rings. The molecule has 0 saturated heterocycles. The topological polar surface area (TPSA) is 66.9 Å². The molecule has 0 aliphatic heterocycles. The van der Waals surface area contributed by atoms with E-state index in [0.717, 1.165) is 42.0 Å². The van der Waals surface area contributed by atoms with Crippen LogP contribution in [0.1, 0.15) is 48.5 Å². The van der Waals surface area contributed by atoms with E-state index in [1.54, 1.807) is 35.9 Å². The van der Waals surface area contributed by atoms with E-state index in [9.17, 15) is 4.79 Å². The lowest BCUT2D eigenvalue weighted by Crippen LogP contribution is -2.36. The van der Waals surface area contributed by atoms with Crippen molar-refractivity contribution in [3.8, 4) is 0 Å². The fraction of sp³-hybridized carbons (Fsp3) is 0.222. The van der Waals surface area contributed by atoms with Gasteiger partial charge in [0.05, 0.1) is 5.56 Å². The Morgan fingerprint density at radius 1 is 1.03 bits per heavy atom. The number of aromatic nitrogens is 2. The number of rotatable bonds is 5. The Morgan fingerprint density at radius 3 is 2.70 bits per heavy atom. The van der Waals surface area contributed by atoms with Crippen molar-refractivity contribution in [3.63, 3.8) is 0 Å². The zero-order valence-corrected chi connectivity index (χ0v) is 19.4. The van der Waals surface area contributed by atoms with Crippen molar-refractivity contribution in [1.29, 1.82) is 0 Å². The van der Waals surface area contributed by atoms with Crippen molar-refractivity contribution in [3.05, 3.63) is 89.1 Å². The highest BCUT2D eigenvalue weighted by Gasteiger charge is 2.20. The second-order valence-corrected chi connectivity index (χ2v) is 9.33. The highest BCUT2D eigenvalue weighted by Crippen LogP contribution is 2.32. The predicted molar refractivity (Wildman–Crippen MR) is 136 cm³/mol. The molecule has 33 heavy (non-hydrogen) atoms. The van der Waals surface area contributed by atoms with Gasteiger partial charge in [-0.05, 0) is 91.6 Å². The fourth-order valence-electron chi connectivity index (χ4n) is 4.35. The van der Waals surface area contributed by atoms with Gasteiger partial charge in [-0.2, -0.15) is 0 Å². The number of hydrogen-bond donors (Lipinski definition) is 2. The largest absolute Gasteiger partial charge is 0.349 e. The zero-order valence-electron chi connectivity index (χ0n) is 18.5. The monoisotopic (exact) mass is 454 g/mol. The van der Waals surface area contributed by atoms with Crippen molar-refractivity contribution in [2.75, 3.05) is 5.32 Å². The van der Waals surface area contributed by atoms with Gasteiger partial charge in [-0.25, -0.2) is 4.98 Å². The molecule has 3 heterocycles. The van der Waals surface area contributed by atoms with Crippen LogP contribution in [0.15, 0.2) is 77.9 Å².